The molecule has 1 aliphatic heterocycles. The number of rotatable bonds is 4. The maximum Gasteiger partial charge on any atom is 0.263 e. The molecule has 5 rings (SSSR count). The molecule has 0 spiro atoms. The first-order valence-corrected chi connectivity index (χ1v) is 11.3. The summed E-state index contributed by atoms with van der Waals surface area (Å²) in [7, 11) is 2.13. The van der Waals surface area contributed by atoms with Crippen molar-refractivity contribution in [1.82, 2.24) is 0 Å². The molecular formula is C27H25N2OS+. The van der Waals surface area contributed by atoms with E-state index in [1.54, 1.807) is 11.3 Å². The van der Waals surface area contributed by atoms with E-state index in [1.165, 1.54) is 38.3 Å². The van der Waals surface area contributed by atoms with Crippen LogP contribution in [0.25, 0.3) is 27.6 Å². The highest BCUT2D eigenvalue weighted by Gasteiger charge is 2.24. The zero-order valence-electron chi connectivity index (χ0n) is 17.7. The highest BCUT2D eigenvalue weighted by Crippen LogP contribution is 2.40. The molecule has 0 saturated carbocycles. The van der Waals surface area contributed by atoms with Crippen LogP contribution >= 0.6 is 11.3 Å². The Morgan fingerprint density at radius 3 is 2.58 bits per heavy atom. The first-order chi connectivity index (χ1) is 15.2. The SMILES string of the molecule is Cc1ccc2c(c1)/C(=C/c1sc3ccccc3[n+]1CCO)C=C(c1ccccc1)N2C. The quantitative estimate of drug-likeness (QED) is 0.436. The number of fused-ring (bicyclic) bond motifs is 2. The monoisotopic (exact) mass is 425 g/mol. The van der Waals surface area contributed by atoms with E-state index >= 15 is 0 Å². The molecule has 1 aliphatic rings. The van der Waals surface area contributed by atoms with Gasteiger partial charge in [0, 0.05) is 36.1 Å². The van der Waals surface area contributed by atoms with Gasteiger partial charge in [-0.3, -0.25) is 0 Å². The molecule has 2 heterocycles. The number of aliphatic hydroxyl groups excluding tert-OH is 1. The van der Waals surface area contributed by atoms with Crippen molar-refractivity contribution in [3.63, 3.8) is 0 Å². The number of para-hydroxylation sites is 1. The van der Waals surface area contributed by atoms with Crippen molar-refractivity contribution >= 4 is 44.6 Å². The lowest BCUT2D eigenvalue weighted by Gasteiger charge is -2.30. The Morgan fingerprint density at radius 1 is 1.00 bits per heavy atom. The molecular weight excluding hydrogens is 400 g/mol. The van der Waals surface area contributed by atoms with Crippen molar-refractivity contribution in [2.24, 2.45) is 0 Å². The molecule has 0 amide bonds. The molecule has 3 nitrogen and oxygen atoms in total. The second-order valence-corrected chi connectivity index (χ2v) is 8.92. The maximum absolute atomic E-state index is 9.69. The summed E-state index contributed by atoms with van der Waals surface area (Å²) < 4.78 is 3.45. The third kappa shape index (κ3) is 3.58. The molecule has 0 bridgehead atoms. The van der Waals surface area contributed by atoms with Gasteiger partial charge in [-0.2, -0.15) is 4.57 Å². The minimum atomic E-state index is 0.116. The van der Waals surface area contributed by atoms with Crippen LogP contribution in [0.5, 0.6) is 0 Å². The van der Waals surface area contributed by atoms with Gasteiger partial charge in [0.2, 0.25) is 5.52 Å². The van der Waals surface area contributed by atoms with Gasteiger partial charge in [0.05, 0.1) is 0 Å². The van der Waals surface area contributed by atoms with E-state index in [-0.39, 0.29) is 6.61 Å². The Kier molecular flexibility index (Phi) is 5.18. The minimum Gasteiger partial charge on any atom is -0.390 e. The summed E-state index contributed by atoms with van der Waals surface area (Å²) in [6, 6.07) is 25.6. The third-order valence-electron chi connectivity index (χ3n) is 5.79. The summed E-state index contributed by atoms with van der Waals surface area (Å²) >= 11 is 1.77. The van der Waals surface area contributed by atoms with Gasteiger partial charge in [0.1, 0.15) is 11.3 Å². The van der Waals surface area contributed by atoms with Gasteiger partial charge in [-0.1, -0.05) is 65.4 Å². The normalized spacial score (nSPS) is 14.7. The van der Waals surface area contributed by atoms with Crippen LogP contribution in [0.4, 0.5) is 5.69 Å². The zero-order chi connectivity index (χ0) is 21.4. The predicted molar refractivity (Wildman–Crippen MR) is 131 cm³/mol. The van der Waals surface area contributed by atoms with E-state index in [9.17, 15) is 5.11 Å². The molecule has 31 heavy (non-hydrogen) atoms. The average molecular weight is 426 g/mol. The fourth-order valence-corrected chi connectivity index (χ4v) is 5.39. The first-order valence-electron chi connectivity index (χ1n) is 10.5. The van der Waals surface area contributed by atoms with E-state index in [1.807, 2.05) is 0 Å². The summed E-state index contributed by atoms with van der Waals surface area (Å²) in [4.78, 5) is 2.27. The number of hydrogen-bond donors (Lipinski definition) is 1. The summed E-state index contributed by atoms with van der Waals surface area (Å²) in [6.07, 6.45) is 4.55. The van der Waals surface area contributed by atoms with Crippen molar-refractivity contribution in [1.29, 1.82) is 0 Å². The van der Waals surface area contributed by atoms with Gasteiger partial charge in [-0.05, 0) is 42.3 Å². The number of allylic oxidation sites excluding steroid dienone is 2. The van der Waals surface area contributed by atoms with Crippen LogP contribution in [-0.2, 0) is 6.54 Å². The summed E-state index contributed by atoms with van der Waals surface area (Å²) in [6.45, 7) is 2.84. The highest BCUT2D eigenvalue weighted by atomic mass is 32.1. The molecule has 4 aromatic rings. The van der Waals surface area contributed by atoms with Crippen molar-refractivity contribution in [3.8, 4) is 0 Å². The number of aromatic nitrogens is 1. The molecule has 0 atom stereocenters. The Bertz CT molecular complexity index is 1320. The van der Waals surface area contributed by atoms with Crippen LogP contribution in [0.1, 0.15) is 21.7 Å². The van der Waals surface area contributed by atoms with Gasteiger partial charge >= 0.3 is 0 Å². The van der Waals surface area contributed by atoms with Crippen LogP contribution in [-0.4, -0.2) is 18.8 Å². The number of aryl methyl sites for hydroxylation is 1. The Labute approximate surface area is 186 Å². The topological polar surface area (TPSA) is 27.4 Å². The lowest BCUT2D eigenvalue weighted by Crippen LogP contribution is -2.36. The number of benzene rings is 3. The summed E-state index contributed by atoms with van der Waals surface area (Å²) in [5.74, 6) is 0. The molecule has 1 aromatic heterocycles. The lowest BCUT2D eigenvalue weighted by molar-refractivity contribution is -0.670. The second-order valence-electron chi connectivity index (χ2n) is 7.86. The fraction of sp³-hybridized carbons (Fsp3) is 0.148. The number of thiazole rings is 1. The predicted octanol–water partition coefficient (Wildman–Crippen LogP) is 5.52. The second kappa shape index (κ2) is 8.14. The standard InChI is InChI=1S/C27H25N2OS/c1-19-12-13-23-22(16-19)21(17-25(28(23)2)20-8-4-3-5-9-20)18-27-29(14-15-30)24-10-6-7-11-26(24)31-27/h3-13,16-18,30H,14-15H2,1-2H3/q+1. The minimum absolute atomic E-state index is 0.116. The van der Waals surface area contributed by atoms with Gasteiger partial charge in [0.15, 0.2) is 6.54 Å². The van der Waals surface area contributed by atoms with Crippen LogP contribution in [0, 0.1) is 6.92 Å². The van der Waals surface area contributed by atoms with Crippen molar-refractivity contribution in [2.45, 2.75) is 13.5 Å². The largest absolute Gasteiger partial charge is 0.390 e. The van der Waals surface area contributed by atoms with E-state index in [2.05, 4.69) is 108 Å². The molecule has 0 saturated heterocycles. The van der Waals surface area contributed by atoms with Crippen LogP contribution in [0.3, 0.4) is 0 Å². The van der Waals surface area contributed by atoms with Gasteiger partial charge in [-0.25, -0.2) is 0 Å². The lowest BCUT2D eigenvalue weighted by atomic mass is 9.93. The third-order valence-corrected chi connectivity index (χ3v) is 6.90. The van der Waals surface area contributed by atoms with E-state index in [4.69, 9.17) is 0 Å². The van der Waals surface area contributed by atoms with Crippen LogP contribution in [0.2, 0.25) is 0 Å². The fourth-order valence-electron chi connectivity index (χ4n) is 4.25. The Hall–Kier alpha value is -3.21. The molecule has 0 aliphatic carbocycles. The van der Waals surface area contributed by atoms with Gasteiger partial charge < -0.3 is 10.0 Å². The van der Waals surface area contributed by atoms with Gasteiger partial charge in [0.25, 0.3) is 5.01 Å². The first kappa shape index (κ1) is 19.7. The molecule has 1 N–H and O–H groups in total. The number of aliphatic hydroxyl groups is 1. The highest BCUT2D eigenvalue weighted by molar-refractivity contribution is 7.18. The smallest absolute Gasteiger partial charge is 0.263 e. The van der Waals surface area contributed by atoms with Gasteiger partial charge in [-0.15, -0.1) is 0 Å². The molecule has 3 aromatic carbocycles. The van der Waals surface area contributed by atoms with Crippen molar-refractivity contribution in [3.05, 3.63) is 101 Å². The molecule has 0 radical (unpaired) electrons. The van der Waals surface area contributed by atoms with Crippen molar-refractivity contribution < 1.29 is 9.67 Å². The van der Waals surface area contributed by atoms with E-state index in [0.717, 1.165) is 10.5 Å². The average Bonchev–Trinajstić information content (AvgIpc) is 3.13. The molecule has 0 unspecified atom stereocenters. The molecule has 4 heteroatoms. The summed E-state index contributed by atoms with van der Waals surface area (Å²) in [5.41, 5.74) is 8.41. The zero-order valence-corrected chi connectivity index (χ0v) is 18.6. The molecule has 0 fully saturated rings. The van der Waals surface area contributed by atoms with Crippen LogP contribution in [0.15, 0.2) is 78.9 Å². The van der Waals surface area contributed by atoms with E-state index < -0.39 is 0 Å². The van der Waals surface area contributed by atoms with Crippen molar-refractivity contribution in [2.75, 3.05) is 18.6 Å². The Balaban J connectivity index is 1.74. The van der Waals surface area contributed by atoms with Crippen LogP contribution < -0.4 is 9.47 Å². The van der Waals surface area contributed by atoms with E-state index in [0.29, 0.717) is 6.54 Å². The number of hydrogen-bond acceptors (Lipinski definition) is 3. The Morgan fingerprint density at radius 2 is 1.77 bits per heavy atom. The number of anilines is 1. The number of nitrogens with zero attached hydrogens (tertiary/aromatic N) is 2. The molecule has 154 valence electrons. The summed E-state index contributed by atoms with van der Waals surface area (Å²) in [5, 5.41) is 10.8. The maximum atomic E-state index is 9.69.